The van der Waals surface area contributed by atoms with Gasteiger partial charge in [-0.05, 0) is 32.2 Å². The van der Waals surface area contributed by atoms with Gasteiger partial charge in [0.05, 0.1) is 0 Å². The van der Waals surface area contributed by atoms with E-state index in [1.54, 1.807) is 0 Å². The summed E-state index contributed by atoms with van der Waals surface area (Å²) in [6, 6.07) is 1.28. The topological polar surface area (TPSA) is 20.3 Å². The lowest BCUT2D eigenvalue weighted by Gasteiger charge is -2.38. The van der Waals surface area contributed by atoms with Gasteiger partial charge < -0.3 is 4.79 Å². The Kier molecular flexibility index (Phi) is 4.38. The zero-order chi connectivity index (χ0) is 12.3. The Morgan fingerprint density at radius 1 is 1.47 bits per heavy atom. The fourth-order valence-electron chi connectivity index (χ4n) is 3.09. The first kappa shape index (κ1) is 12.8. The molecule has 2 aliphatic rings. The van der Waals surface area contributed by atoms with Crippen molar-refractivity contribution < 1.29 is 4.79 Å². The summed E-state index contributed by atoms with van der Waals surface area (Å²) in [4.78, 5) is 13.6. The lowest BCUT2D eigenvalue weighted by Crippen LogP contribution is -2.44. The lowest BCUT2D eigenvalue weighted by atomic mass is 9.89. The Hall–Kier alpha value is -0.630. The van der Waals surface area contributed by atoms with Crippen LogP contribution in [0.3, 0.4) is 0 Å². The monoisotopic (exact) mass is 235 g/mol. The van der Waals surface area contributed by atoms with Crippen LogP contribution in [-0.2, 0) is 4.79 Å². The van der Waals surface area contributed by atoms with E-state index >= 15 is 0 Å². The van der Waals surface area contributed by atoms with Crippen molar-refractivity contribution in [3.63, 3.8) is 0 Å². The first-order valence-corrected chi connectivity index (χ1v) is 7.15. The summed E-state index contributed by atoms with van der Waals surface area (Å²) in [7, 11) is 0. The minimum atomic E-state index is 0.310. The fourth-order valence-corrected chi connectivity index (χ4v) is 3.09. The second-order valence-corrected chi connectivity index (χ2v) is 5.69. The third-order valence-corrected chi connectivity index (χ3v) is 4.30. The summed E-state index contributed by atoms with van der Waals surface area (Å²) in [6.07, 6.45) is 9.67. The Balaban J connectivity index is 1.89. The molecule has 2 nitrogen and oxygen atoms in total. The van der Waals surface area contributed by atoms with Gasteiger partial charge in [0.15, 0.2) is 0 Å². The molecule has 0 N–H and O–H groups in total. The van der Waals surface area contributed by atoms with Crippen molar-refractivity contribution in [2.45, 2.75) is 64.0 Å². The van der Waals surface area contributed by atoms with Crippen LogP contribution in [-0.4, -0.2) is 29.8 Å². The van der Waals surface area contributed by atoms with Crippen molar-refractivity contribution in [3.8, 4) is 0 Å². The van der Waals surface area contributed by atoms with Gasteiger partial charge >= 0.3 is 0 Å². The van der Waals surface area contributed by atoms with Gasteiger partial charge in [-0.1, -0.05) is 38.3 Å². The van der Waals surface area contributed by atoms with E-state index in [4.69, 9.17) is 0 Å². The molecular formula is C15H25NO. The number of likely N-dealkylation sites (tertiary alicyclic amines) is 1. The average molecular weight is 235 g/mol. The minimum absolute atomic E-state index is 0.310. The first-order valence-electron chi connectivity index (χ1n) is 7.15. The molecule has 1 aliphatic heterocycles. The second-order valence-electron chi connectivity index (χ2n) is 5.69. The van der Waals surface area contributed by atoms with Crippen LogP contribution < -0.4 is 0 Å². The van der Waals surface area contributed by atoms with E-state index < -0.39 is 0 Å². The summed E-state index contributed by atoms with van der Waals surface area (Å²) >= 11 is 0. The smallest absolute Gasteiger partial charge is 0.123 e. The van der Waals surface area contributed by atoms with Gasteiger partial charge in [0.1, 0.15) is 6.29 Å². The SMILES string of the molecule is C=C1CC1N1CCC(C=O)CC1CCCCC. The molecule has 0 radical (unpaired) electrons. The van der Waals surface area contributed by atoms with E-state index in [0.29, 0.717) is 18.0 Å². The van der Waals surface area contributed by atoms with Crippen molar-refractivity contribution in [1.82, 2.24) is 4.90 Å². The molecule has 0 aromatic heterocycles. The number of hydrogen-bond donors (Lipinski definition) is 0. The first-order chi connectivity index (χ1) is 8.26. The van der Waals surface area contributed by atoms with E-state index in [1.807, 2.05) is 0 Å². The number of piperidine rings is 1. The number of nitrogens with zero attached hydrogens (tertiary/aromatic N) is 1. The highest BCUT2D eigenvalue weighted by atomic mass is 16.1. The third-order valence-electron chi connectivity index (χ3n) is 4.30. The molecule has 1 saturated carbocycles. The lowest BCUT2D eigenvalue weighted by molar-refractivity contribution is -0.113. The summed E-state index contributed by atoms with van der Waals surface area (Å²) in [5.74, 6) is 0.310. The van der Waals surface area contributed by atoms with Crippen molar-refractivity contribution in [1.29, 1.82) is 0 Å². The van der Waals surface area contributed by atoms with E-state index in [0.717, 1.165) is 19.4 Å². The summed E-state index contributed by atoms with van der Waals surface area (Å²) in [6.45, 7) is 7.43. The van der Waals surface area contributed by atoms with E-state index in [1.165, 1.54) is 44.0 Å². The molecule has 0 spiro atoms. The van der Waals surface area contributed by atoms with Crippen LogP contribution in [0.5, 0.6) is 0 Å². The number of carbonyl (C=O) groups excluding carboxylic acids is 1. The molecule has 0 aromatic carbocycles. The van der Waals surface area contributed by atoms with Crippen LogP contribution in [0.25, 0.3) is 0 Å². The van der Waals surface area contributed by atoms with E-state index in [2.05, 4.69) is 18.4 Å². The van der Waals surface area contributed by atoms with Crippen molar-refractivity contribution >= 4 is 6.29 Å². The Morgan fingerprint density at radius 3 is 2.82 bits per heavy atom. The van der Waals surface area contributed by atoms with Gasteiger partial charge in [-0.2, -0.15) is 0 Å². The molecule has 1 heterocycles. The summed E-state index contributed by atoms with van der Waals surface area (Å²) in [5.41, 5.74) is 1.40. The highest BCUT2D eigenvalue weighted by molar-refractivity contribution is 5.53. The maximum absolute atomic E-state index is 11.0. The third kappa shape index (κ3) is 3.19. The normalized spacial score (nSPS) is 33.7. The van der Waals surface area contributed by atoms with Crippen molar-refractivity contribution in [3.05, 3.63) is 12.2 Å². The van der Waals surface area contributed by atoms with Crippen LogP contribution in [0.1, 0.15) is 51.9 Å². The molecule has 2 heteroatoms. The van der Waals surface area contributed by atoms with E-state index in [-0.39, 0.29) is 0 Å². The molecule has 0 bridgehead atoms. The molecule has 96 valence electrons. The zero-order valence-corrected chi connectivity index (χ0v) is 11.0. The average Bonchev–Trinajstić information content (AvgIpc) is 3.06. The van der Waals surface area contributed by atoms with Crippen LogP contribution in [0.4, 0.5) is 0 Å². The number of rotatable bonds is 6. The van der Waals surface area contributed by atoms with Gasteiger partial charge in [0.25, 0.3) is 0 Å². The van der Waals surface area contributed by atoms with Crippen LogP contribution >= 0.6 is 0 Å². The maximum atomic E-state index is 11.0. The summed E-state index contributed by atoms with van der Waals surface area (Å²) < 4.78 is 0. The van der Waals surface area contributed by atoms with Crippen molar-refractivity contribution in [2.24, 2.45) is 5.92 Å². The Bertz CT molecular complexity index is 287. The molecule has 3 unspecified atom stereocenters. The summed E-state index contributed by atoms with van der Waals surface area (Å²) in [5, 5.41) is 0. The molecule has 0 amide bonds. The molecule has 3 atom stereocenters. The van der Waals surface area contributed by atoms with Crippen LogP contribution in [0, 0.1) is 5.92 Å². The maximum Gasteiger partial charge on any atom is 0.123 e. The Morgan fingerprint density at radius 2 is 2.24 bits per heavy atom. The van der Waals surface area contributed by atoms with Crippen LogP contribution in [0.2, 0.25) is 0 Å². The molecule has 0 aromatic rings. The molecule has 1 saturated heterocycles. The van der Waals surface area contributed by atoms with Gasteiger partial charge in [0.2, 0.25) is 0 Å². The molecule has 17 heavy (non-hydrogen) atoms. The number of carbonyl (C=O) groups is 1. The molecule has 1 aliphatic carbocycles. The van der Waals surface area contributed by atoms with Gasteiger partial charge in [-0.15, -0.1) is 0 Å². The quantitative estimate of drug-likeness (QED) is 0.400. The molecular weight excluding hydrogens is 210 g/mol. The second kappa shape index (κ2) is 5.81. The standard InChI is InChI=1S/C15H25NO/c1-3-4-5-6-14-10-13(11-17)7-8-16(14)15-9-12(15)2/h11,13-15H,2-10H2,1H3. The Labute approximate surface area is 105 Å². The minimum Gasteiger partial charge on any atom is -0.303 e. The predicted octanol–water partition coefficient (Wildman–Crippen LogP) is 3.17. The van der Waals surface area contributed by atoms with Gasteiger partial charge in [-0.3, -0.25) is 4.90 Å². The fraction of sp³-hybridized carbons (Fsp3) is 0.800. The highest BCUT2D eigenvalue weighted by Crippen LogP contribution is 2.39. The number of hydrogen-bond acceptors (Lipinski definition) is 2. The van der Waals surface area contributed by atoms with Crippen LogP contribution in [0.15, 0.2) is 12.2 Å². The molecule has 2 fully saturated rings. The van der Waals surface area contributed by atoms with Gasteiger partial charge in [0, 0.05) is 18.0 Å². The number of aldehydes is 1. The largest absolute Gasteiger partial charge is 0.303 e. The van der Waals surface area contributed by atoms with Crippen molar-refractivity contribution in [2.75, 3.05) is 6.54 Å². The van der Waals surface area contributed by atoms with Gasteiger partial charge in [-0.25, -0.2) is 0 Å². The van der Waals surface area contributed by atoms with E-state index in [9.17, 15) is 4.79 Å². The highest BCUT2D eigenvalue weighted by Gasteiger charge is 2.40. The predicted molar refractivity (Wildman–Crippen MR) is 71.0 cm³/mol. The number of unbranched alkanes of at least 4 members (excludes halogenated alkanes) is 2. The molecule has 2 rings (SSSR count). The zero-order valence-electron chi connectivity index (χ0n) is 11.0.